The maximum atomic E-state index is 11.3. The number of ether oxygens (including phenoxy) is 1. The maximum Gasteiger partial charge on any atom is 0.341 e. The summed E-state index contributed by atoms with van der Waals surface area (Å²) in [4.78, 5) is 15.3. The molecule has 0 aliphatic heterocycles. The number of pyridine rings is 1. The summed E-state index contributed by atoms with van der Waals surface area (Å²) < 4.78 is 4.85. The molecule has 13 heavy (non-hydrogen) atoms. The number of carbonyl (C=O) groups is 1. The number of hydrogen-bond acceptors (Lipinski definition) is 4. The molecule has 1 aromatic heterocycles. The maximum absolute atomic E-state index is 11.3. The van der Waals surface area contributed by atoms with Crippen molar-refractivity contribution in [3.63, 3.8) is 0 Å². The topological polar surface area (TPSA) is 51.2 Å². The minimum atomic E-state index is -0.347. The standard InChI is InChI=1S/C9H12N2O2/c1-3-13-9(12)7-5-4-6-11-8(7)10-2/h4-6H,3H2,1-2H3,(H,10,11). The van der Waals surface area contributed by atoms with Gasteiger partial charge in [0.1, 0.15) is 11.4 Å². The van der Waals surface area contributed by atoms with E-state index in [0.29, 0.717) is 18.0 Å². The van der Waals surface area contributed by atoms with E-state index in [1.54, 1.807) is 32.3 Å². The second-order valence-electron chi connectivity index (χ2n) is 2.37. The summed E-state index contributed by atoms with van der Waals surface area (Å²) in [7, 11) is 1.71. The summed E-state index contributed by atoms with van der Waals surface area (Å²) >= 11 is 0. The van der Waals surface area contributed by atoms with Crippen LogP contribution in [0, 0.1) is 0 Å². The molecule has 1 N–H and O–H groups in total. The summed E-state index contributed by atoms with van der Waals surface area (Å²) in [6, 6.07) is 3.38. The van der Waals surface area contributed by atoms with Gasteiger partial charge in [0.15, 0.2) is 0 Å². The molecule has 0 aromatic carbocycles. The summed E-state index contributed by atoms with van der Waals surface area (Å²) in [6.45, 7) is 2.14. The quantitative estimate of drug-likeness (QED) is 0.712. The zero-order valence-electron chi connectivity index (χ0n) is 7.70. The molecule has 4 heteroatoms. The number of nitrogens with one attached hydrogen (secondary N) is 1. The first-order chi connectivity index (χ1) is 6.29. The third-order valence-corrected chi connectivity index (χ3v) is 1.54. The Balaban J connectivity index is 2.92. The van der Waals surface area contributed by atoms with Crippen LogP contribution in [0.2, 0.25) is 0 Å². The van der Waals surface area contributed by atoms with E-state index < -0.39 is 0 Å². The highest BCUT2D eigenvalue weighted by Crippen LogP contribution is 2.11. The Morgan fingerprint density at radius 3 is 3.08 bits per heavy atom. The van der Waals surface area contributed by atoms with Crippen molar-refractivity contribution in [3.05, 3.63) is 23.9 Å². The smallest absolute Gasteiger partial charge is 0.341 e. The lowest BCUT2D eigenvalue weighted by atomic mass is 10.2. The van der Waals surface area contributed by atoms with E-state index in [2.05, 4.69) is 10.3 Å². The molecule has 0 radical (unpaired) electrons. The number of anilines is 1. The van der Waals surface area contributed by atoms with Crippen LogP contribution in [-0.4, -0.2) is 24.6 Å². The van der Waals surface area contributed by atoms with Gasteiger partial charge in [-0.25, -0.2) is 9.78 Å². The van der Waals surface area contributed by atoms with Gasteiger partial charge in [-0.15, -0.1) is 0 Å². The highest BCUT2D eigenvalue weighted by atomic mass is 16.5. The first-order valence-electron chi connectivity index (χ1n) is 4.09. The molecule has 0 bridgehead atoms. The molecule has 0 unspecified atom stereocenters. The van der Waals surface area contributed by atoms with E-state index in [0.717, 1.165) is 0 Å². The van der Waals surface area contributed by atoms with Crippen LogP contribution in [0.25, 0.3) is 0 Å². The van der Waals surface area contributed by atoms with Crippen molar-refractivity contribution < 1.29 is 9.53 Å². The van der Waals surface area contributed by atoms with Gasteiger partial charge < -0.3 is 10.1 Å². The largest absolute Gasteiger partial charge is 0.462 e. The van der Waals surface area contributed by atoms with E-state index >= 15 is 0 Å². The monoisotopic (exact) mass is 180 g/mol. The lowest BCUT2D eigenvalue weighted by Crippen LogP contribution is -2.08. The summed E-state index contributed by atoms with van der Waals surface area (Å²) in [5.41, 5.74) is 0.465. The highest BCUT2D eigenvalue weighted by Gasteiger charge is 2.11. The molecule has 0 spiro atoms. The van der Waals surface area contributed by atoms with Gasteiger partial charge in [-0.1, -0.05) is 0 Å². The van der Waals surface area contributed by atoms with E-state index in [9.17, 15) is 4.79 Å². The number of rotatable bonds is 3. The van der Waals surface area contributed by atoms with Crippen molar-refractivity contribution in [1.29, 1.82) is 0 Å². The normalized spacial score (nSPS) is 9.38. The fourth-order valence-electron chi connectivity index (χ4n) is 0.978. The molecular weight excluding hydrogens is 168 g/mol. The Hall–Kier alpha value is -1.58. The molecule has 4 nitrogen and oxygen atoms in total. The van der Waals surface area contributed by atoms with Crippen molar-refractivity contribution in [2.45, 2.75) is 6.92 Å². The second kappa shape index (κ2) is 4.45. The fourth-order valence-corrected chi connectivity index (χ4v) is 0.978. The third kappa shape index (κ3) is 2.18. The Kier molecular flexibility index (Phi) is 3.25. The molecule has 0 atom stereocenters. The van der Waals surface area contributed by atoms with Crippen LogP contribution in [0.4, 0.5) is 5.82 Å². The van der Waals surface area contributed by atoms with Gasteiger partial charge in [-0.05, 0) is 19.1 Å². The summed E-state index contributed by atoms with van der Waals surface area (Å²) in [5.74, 6) is 0.195. The van der Waals surface area contributed by atoms with Gasteiger partial charge in [0.25, 0.3) is 0 Å². The number of esters is 1. The number of carbonyl (C=O) groups excluding carboxylic acids is 1. The molecule has 0 saturated carbocycles. The minimum absolute atomic E-state index is 0.347. The van der Waals surface area contributed by atoms with Crippen LogP contribution in [0.5, 0.6) is 0 Å². The lowest BCUT2D eigenvalue weighted by Gasteiger charge is -2.05. The van der Waals surface area contributed by atoms with Gasteiger partial charge in [-0.2, -0.15) is 0 Å². The van der Waals surface area contributed by atoms with Crippen molar-refractivity contribution in [2.75, 3.05) is 19.0 Å². The SMILES string of the molecule is CCOC(=O)c1cccnc1NC. The predicted molar refractivity (Wildman–Crippen MR) is 49.7 cm³/mol. The number of hydrogen-bond donors (Lipinski definition) is 1. The molecule has 1 rings (SSSR count). The van der Waals surface area contributed by atoms with Crippen LogP contribution in [0.1, 0.15) is 17.3 Å². The first-order valence-corrected chi connectivity index (χ1v) is 4.09. The van der Waals surface area contributed by atoms with E-state index in [1.165, 1.54) is 0 Å². The average Bonchev–Trinajstić information content (AvgIpc) is 2.18. The van der Waals surface area contributed by atoms with Crippen LogP contribution in [0.15, 0.2) is 18.3 Å². The zero-order valence-corrected chi connectivity index (χ0v) is 7.70. The Morgan fingerprint density at radius 1 is 1.69 bits per heavy atom. The molecule has 1 aromatic rings. The zero-order chi connectivity index (χ0) is 9.68. The summed E-state index contributed by atoms with van der Waals surface area (Å²) in [6.07, 6.45) is 1.62. The van der Waals surface area contributed by atoms with Crippen molar-refractivity contribution >= 4 is 11.8 Å². The minimum Gasteiger partial charge on any atom is -0.462 e. The van der Waals surface area contributed by atoms with Crippen LogP contribution < -0.4 is 5.32 Å². The molecule has 0 aliphatic rings. The molecule has 70 valence electrons. The predicted octanol–water partition coefficient (Wildman–Crippen LogP) is 1.30. The fraction of sp³-hybridized carbons (Fsp3) is 0.333. The number of nitrogens with zero attached hydrogens (tertiary/aromatic N) is 1. The number of aromatic nitrogens is 1. The van der Waals surface area contributed by atoms with Gasteiger partial charge in [0.2, 0.25) is 0 Å². The van der Waals surface area contributed by atoms with E-state index in [4.69, 9.17) is 4.74 Å². The molecule has 0 amide bonds. The van der Waals surface area contributed by atoms with Crippen molar-refractivity contribution in [1.82, 2.24) is 4.98 Å². The molecule has 0 saturated heterocycles. The van der Waals surface area contributed by atoms with Crippen LogP contribution in [-0.2, 0) is 4.74 Å². The van der Waals surface area contributed by atoms with Crippen LogP contribution >= 0.6 is 0 Å². The van der Waals surface area contributed by atoms with Gasteiger partial charge in [-0.3, -0.25) is 0 Å². The van der Waals surface area contributed by atoms with Crippen molar-refractivity contribution in [2.24, 2.45) is 0 Å². The highest BCUT2D eigenvalue weighted by molar-refractivity contribution is 5.94. The lowest BCUT2D eigenvalue weighted by molar-refractivity contribution is 0.0527. The second-order valence-corrected chi connectivity index (χ2v) is 2.37. The van der Waals surface area contributed by atoms with E-state index in [1.807, 2.05) is 0 Å². The van der Waals surface area contributed by atoms with Gasteiger partial charge >= 0.3 is 5.97 Å². The Morgan fingerprint density at radius 2 is 2.46 bits per heavy atom. The Bertz CT molecular complexity index is 299. The van der Waals surface area contributed by atoms with Gasteiger partial charge in [0, 0.05) is 13.2 Å². The van der Waals surface area contributed by atoms with E-state index in [-0.39, 0.29) is 5.97 Å². The third-order valence-electron chi connectivity index (χ3n) is 1.54. The van der Waals surface area contributed by atoms with Crippen LogP contribution in [0.3, 0.4) is 0 Å². The first kappa shape index (κ1) is 9.51. The Labute approximate surface area is 76.9 Å². The molecule has 1 heterocycles. The van der Waals surface area contributed by atoms with Crippen molar-refractivity contribution in [3.8, 4) is 0 Å². The van der Waals surface area contributed by atoms with Gasteiger partial charge in [0.05, 0.1) is 6.61 Å². The molecule has 0 aliphatic carbocycles. The molecule has 0 fully saturated rings. The average molecular weight is 180 g/mol. The molecular formula is C9H12N2O2. The summed E-state index contributed by atoms with van der Waals surface area (Å²) in [5, 5.41) is 2.82.